The molecule has 1 aromatic rings. The standard InChI is InChI=1S/C18H21BO4P2/c19-25(24)23-17-11-16-15(10-18(21)22-16)14(17)9-8-13(20)7-6-12-4-2-1-3-5-12/h1-5,8-9,14-17H,6-7,10-11,24H2/t14-,15-,16+,17-,25?/m1/s1. The molecule has 0 bridgehead atoms. The van der Waals surface area contributed by atoms with Crippen LogP contribution in [0.15, 0.2) is 42.5 Å². The number of ether oxygens (including phenoxy) is 1. The lowest BCUT2D eigenvalue weighted by Gasteiger charge is -2.22. The third-order valence-electron chi connectivity index (χ3n) is 4.82. The number of benzene rings is 1. The summed E-state index contributed by atoms with van der Waals surface area (Å²) in [6.45, 7) is 0. The molecule has 1 aliphatic heterocycles. The molecule has 1 aliphatic carbocycles. The molecule has 2 aliphatic rings. The Morgan fingerprint density at radius 1 is 1.40 bits per heavy atom. The van der Waals surface area contributed by atoms with Crippen molar-refractivity contribution < 1.29 is 18.8 Å². The summed E-state index contributed by atoms with van der Waals surface area (Å²) in [6.07, 6.45) is 5.54. The van der Waals surface area contributed by atoms with Gasteiger partial charge in [0, 0.05) is 24.7 Å². The Kier molecular flexibility index (Phi) is 6.44. The molecule has 130 valence electrons. The molecule has 3 rings (SSSR count). The fourth-order valence-electron chi connectivity index (χ4n) is 3.65. The molecule has 0 spiro atoms. The second-order valence-electron chi connectivity index (χ2n) is 6.52. The Labute approximate surface area is 153 Å². The normalized spacial score (nSPS) is 29.6. The van der Waals surface area contributed by atoms with Crippen molar-refractivity contribution in [2.45, 2.75) is 37.9 Å². The zero-order valence-electron chi connectivity index (χ0n) is 13.9. The molecular weight excluding hydrogens is 353 g/mol. The molecule has 6 atom stereocenters. The minimum Gasteiger partial charge on any atom is -0.462 e. The summed E-state index contributed by atoms with van der Waals surface area (Å²) in [5.74, 6) is -0.0119. The first kappa shape index (κ1) is 18.8. The minimum atomic E-state index is -1.07. The maximum atomic E-state index is 12.2. The highest BCUT2D eigenvalue weighted by molar-refractivity contribution is 8.23. The van der Waals surface area contributed by atoms with Crippen LogP contribution in [0.5, 0.6) is 0 Å². The van der Waals surface area contributed by atoms with Crippen molar-refractivity contribution in [3.05, 3.63) is 48.0 Å². The van der Waals surface area contributed by atoms with Gasteiger partial charge in [-0.25, -0.2) is 0 Å². The van der Waals surface area contributed by atoms with Crippen LogP contribution in [-0.4, -0.2) is 31.5 Å². The Morgan fingerprint density at radius 3 is 2.88 bits per heavy atom. The first-order valence-electron chi connectivity index (χ1n) is 8.43. The molecule has 2 unspecified atom stereocenters. The van der Waals surface area contributed by atoms with E-state index in [1.54, 1.807) is 6.08 Å². The summed E-state index contributed by atoms with van der Waals surface area (Å²) in [4.78, 5) is 23.8. The van der Waals surface area contributed by atoms with Gasteiger partial charge in [-0.15, -0.1) is 0 Å². The quantitative estimate of drug-likeness (QED) is 0.318. The van der Waals surface area contributed by atoms with Crippen LogP contribution in [0.3, 0.4) is 0 Å². The number of rotatable bonds is 7. The Hall–Kier alpha value is -1.02. The molecule has 25 heavy (non-hydrogen) atoms. The van der Waals surface area contributed by atoms with E-state index in [0.29, 0.717) is 19.3 Å². The molecule has 1 heterocycles. The number of carbonyl (C=O) groups is 2. The van der Waals surface area contributed by atoms with Crippen molar-refractivity contribution in [3.8, 4) is 0 Å². The number of esters is 1. The number of ketones is 1. The number of carbonyl (C=O) groups excluding carboxylic acids is 2. The van der Waals surface area contributed by atoms with E-state index < -0.39 is 7.72 Å². The van der Waals surface area contributed by atoms with Gasteiger partial charge in [-0.05, 0) is 25.8 Å². The van der Waals surface area contributed by atoms with Crippen molar-refractivity contribution in [2.75, 3.05) is 0 Å². The summed E-state index contributed by atoms with van der Waals surface area (Å²) in [6, 6.07) is 9.95. The SMILES string of the molecule is [B]P(P)O[C@@H]1C[C@@H]2OC(=O)C[C@@H]2[C@H]1C=CC(=O)CCc1ccccc1. The predicted molar refractivity (Wildman–Crippen MR) is 102 cm³/mol. The van der Waals surface area contributed by atoms with Crippen molar-refractivity contribution in [2.24, 2.45) is 11.8 Å². The van der Waals surface area contributed by atoms with Gasteiger partial charge in [-0.2, -0.15) is 0 Å². The third kappa shape index (κ3) is 5.00. The maximum absolute atomic E-state index is 12.2. The van der Waals surface area contributed by atoms with Gasteiger partial charge in [-0.1, -0.05) is 45.3 Å². The lowest BCUT2D eigenvalue weighted by molar-refractivity contribution is -0.141. The fraction of sp³-hybridized carbons (Fsp3) is 0.444. The van der Waals surface area contributed by atoms with Crippen LogP contribution in [0.4, 0.5) is 0 Å². The van der Waals surface area contributed by atoms with Crippen molar-refractivity contribution in [1.82, 2.24) is 0 Å². The van der Waals surface area contributed by atoms with Gasteiger partial charge in [0.1, 0.15) is 6.10 Å². The topological polar surface area (TPSA) is 52.6 Å². The molecule has 1 saturated heterocycles. The number of hydrogen-bond acceptors (Lipinski definition) is 4. The monoisotopic (exact) mass is 374 g/mol. The fourth-order valence-corrected chi connectivity index (χ4v) is 4.66. The van der Waals surface area contributed by atoms with E-state index in [0.717, 1.165) is 12.0 Å². The Morgan fingerprint density at radius 2 is 2.16 bits per heavy atom. The molecule has 4 nitrogen and oxygen atoms in total. The Balaban J connectivity index is 1.60. The summed E-state index contributed by atoms with van der Waals surface area (Å²) < 4.78 is 11.2. The van der Waals surface area contributed by atoms with E-state index >= 15 is 0 Å². The average Bonchev–Trinajstić information content (AvgIpc) is 3.07. The van der Waals surface area contributed by atoms with Crippen LogP contribution >= 0.6 is 16.6 Å². The summed E-state index contributed by atoms with van der Waals surface area (Å²) in [5, 5.41) is 0. The number of allylic oxidation sites excluding steroid dienone is 1. The molecule has 1 saturated carbocycles. The van der Waals surface area contributed by atoms with Crippen LogP contribution in [0.25, 0.3) is 0 Å². The van der Waals surface area contributed by atoms with Crippen LogP contribution in [0.2, 0.25) is 0 Å². The van der Waals surface area contributed by atoms with E-state index in [4.69, 9.17) is 16.8 Å². The van der Waals surface area contributed by atoms with Gasteiger partial charge < -0.3 is 9.26 Å². The predicted octanol–water partition coefficient (Wildman–Crippen LogP) is 3.35. The highest BCUT2D eigenvalue weighted by Crippen LogP contribution is 2.50. The largest absolute Gasteiger partial charge is 0.462 e. The van der Waals surface area contributed by atoms with Crippen molar-refractivity contribution in [1.29, 1.82) is 0 Å². The van der Waals surface area contributed by atoms with Gasteiger partial charge >= 0.3 is 5.97 Å². The van der Waals surface area contributed by atoms with Crippen molar-refractivity contribution in [3.63, 3.8) is 0 Å². The van der Waals surface area contributed by atoms with E-state index in [9.17, 15) is 9.59 Å². The van der Waals surface area contributed by atoms with Gasteiger partial charge in [0.05, 0.1) is 12.5 Å². The first-order valence-corrected chi connectivity index (χ1v) is 11.4. The van der Waals surface area contributed by atoms with Gasteiger partial charge in [0.2, 0.25) is 0 Å². The third-order valence-corrected chi connectivity index (χ3v) is 5.69. The highest BCUT2D eigenvalue weighted by atomic mass is 32.0. The van der Waals surface area contributed by atoms with E-state index in [-0.39, 0.29) is 35.8 Å². The molecule has 2 fully saturated rings. The van der Waals surface area contributed by atoms with Crippen LogP contribution in [-0.2, 0) is 25.3 Å². The van der Waals surface area contributed by atoms with Gasteiger partial charge in [-0.3, -0.25) is 9.59 Å². The van der Waals surface area contributed by atoms with Gasteiger partial charge in [0.25, 0.3) is 0 Å². The minimum absolute atomic E-state index is 0.00812. The lowest BCUT2D eigenvalue weighted by atomic mass is 9.91. The molecule has 0 amide bonds. The van der Waals surface area contributed by atoms with Gasteiger partial charge in [0.15, 0.2) is 13.3 Å². The van der Waals surface area contributed by atoms with Crippen LogP contribution in [0.1, 0.15) is 24.8 Å². The smallest absolute Gasteiger partial charge is 0.306 e. The molecule has 0 aromatic heterocycles. The molecular formula is C18H21BO4P2. The first-order chi connectivity index (χ1) is 12.0. The maximum Gasteiger partial charge on any atom is 0.306 e. The number of fused-ring (bicyclic) bond motifs is 1. The summed E-state index contributed by atoms with van der Waals surface area (Å²) in [7, 11) is 7.19. The number of aryl methyl sites for hydroxylation is 1. The number of hydrogen-bond donors (Lipinski definition) is 0. The summed E-state index contributed by atoms with van der Waals surface area (Å²) in [5.41, 5.74) is 1.15. The second kappa shape index (κ2) is 8.58. The molecule has 2 radical (unpaired) electrons. The van der Waals surface area contributed by atoms with E-state index in [2.05, 4.69) is 8.93 Å². The van der Waals surface area contributed by atoms with Crippen LogP contribution < -0.4 is 0 Å². The zero-order valence-corrected chi connectivity index (χ0v) is 16.0. The van der Waals surface area contributed by atoms with E-state index in [1.165, 1.54) is 0 Å². The molecule has 1 aromatic carbocycles. The highest BCUT2D eigenvalue weighted by Gasteiger charge is 2.49. The lowest BCUT2D eigenvalue weighted by Crippen LogP contribution is -2.19. The van der Waals surface area contributed by atoms with E-state index in [1.807, 2.05) is 36.4 Å². The van der Waals surface area contributed by atoms with Crippen molar-refractivity contribution >= 4 is 36.0 Å². The Bertz CT molecular complexity index is 650. The molecule has 0 N–H and O–H groups in total. The summed E-state index contributed by atoms with van der Waals surface area (Å²) >= 11 is 0. The molecule has 7 heteroatoms. The van der Waals surface area contributed by atoms with Crippen LogP contribution in [0, 0.1) is 11.8 Å². The average molecular weight is 374 g/mol. The second-order valence-corrected chi connectivity index (χ2v) is 8.98. The zero-order chi connectivity index (χ0) is 17.8.